The van der Waals surface area contributed by atoms with Gasteiger partial charge in [-0.3, -0.25) is 0 Å². The molecule has 0 aromatic carbocycles. The summed E-state index contributed by atoms with van der Waals surface area (Å²) in [4.78, 5) is 4.49. The van der Waals surface area contributed by atoms with Crippen molar-refractivity contribution in [2.75, 3.05) is 18.1 Å². The average molecular weight is 266 g/mol. The fourth-order valence-corrected chi connectivity index (χ4v) is 3.26. The quantitative estimate of drug-likeness (QED) is 0.797. The van der Waals surface area contributed by atoms with Crippen molar-refractivity contribution in [2.45, 2.75) is 44.1 Å². The van der Waals surface area contributed by atoms with Crippen LogP contribution >= 0.6 is 11.8 Å². The van der Waals surface area contributed by atoms with E-state index in [1.807, 2.05) is 23.9 Å². The number of nitrogen functional groups attached to an aromatic ring is 1. The maximum Gasteiger partial charge on any atom is 0.238 e. The van der Waals surface area contributed by atoms with Crippen LogP contribution < -0.4 is 10.5 Å². The van der Waals surface area contributed by atoms with Gasteiger partial charge >= 0.3 is 0 Å². The molecule has 0 aliphatic heterocycles. The number of hydrogen-bond acceptors (Lipinski definition) is 4. The topological polar surface area (TPSA) is 48.1 Å². The summed E-state index contributed by atoms with van der Waals surface area (Å²) < 4.78 is 5.55. The average Bonchev–Trinajstić information content (AvgIpc) is 2.89. The van der Waals surface area contributed by atoms with Gasteiger partial charge in [-0.05, 0) is 37.3 Å². The molecular weight excluding hydrogens is 244 g/mol. The Balaban J connectivity index is 1.91. The van der Waals surface area contributed by atoms with Crippen molar-refractivity contribution in [1.29, 1.82) is 0 Å². The Kier molecular flexibility index (Phi) is 5.17. The van der Waals surface area contributed by atoms with Gasteiger partial charge in [0.15, 0.2) is 0 Å². The van der Waals surface area contributed by atoms with Gasteiger partial charge in [-0.2, -0.15) is 0 Å². The number of hydrogen-bond donors (Lipinski definition) is 1. The van der Waals surface area contributed by atoms with Gasteiger partial charge < -0.3 is 10.5 Å². The minimum absolute atomic E-state index is 0.591. The van der Waals surface area contributed by atoms with E-state index in [2.05, 4.69) is 11.9 Å². The van der Waals surface area contributed by atoms with Crippen LogP contribution in [-0.4, -0.2) is 17.3 Å². The van der Waals surface area contributed by atoms with Crippen LogP contribution in [0.5, 0.6) is 5.88 Å². The van der Waals surface area contributed by atoms with Gasteiger partial charge in [0, 0.05) is 5.75 Å². The Bertz CT molecular complexity index is 378. The zero-order chi connectivity index (χ0) is 12.8. The maximum absolute atomic E-state index is 5.85. The monoisotopic (exact) mass is 266 g/mol. The van der Waals surface area contributed by atoms with Crippen LogP contribution in [0.3, 0.4) is 0 Å². The van der Waals surface area contributed by atoms with E-state index >= 15 is 0 Å². The third-order valence-electron chi connectivity index (χ3n) is 3.25. The summed E-state index contributed by atoms with van der Waals surface area (Å²) in [5.74, 6) is 2.63. The molecule has 0 amide bonds. The molecule has 0 bridgehead atoms. The van der Waals surface area contributed by atoms with Crippen LogP contribution in [0.4, 0.5) is 5.69 Å². The molecule has 1 fully saturated rings. The number of rotatable bonds is 6. The van der Waals surface area contributed by atoms with E-state index in [-0.39, 0.29) is 0 Å². The second-order valence-corrected chi connectivity index (χ2v) is 5.89. The predicted octanol–water partition coefficient (Wildman–Crippen LogP) is 3.73. The molecule has 0 radical (unpaired) electrons. The van der Waals surface area contributed by atoms with Gasteiger partial charge in [0.25, 0.3) is 0 Å². The first-order valence-corrected chi connectivity index (χ1v) is 7.80. The standard InChI is InChI=1S/C14H22N2OS/c1-2-9-17-14-12(15)7-8-13(16-14)18-10-11-5-3-4-6-11/h7-8,11H,2-6,9-10,15H2,1H3. The summed E-state index contributed by atoms with van der Waals surface area (Å²) in [6, 6.07) is 3.89. The smallest absolute Gasteiger partial charge is 0.238 e. The Hall–Kier alpha value is -0.900. The normalized spacial score (nSPS) is 16.1. The summed E-state index contributed by atoms with van der Waals surface area (Å²) in [5, 5.41) is 1.03. The molecule has 3 nitrogen and oxygen atoms in total. The Morgan fingerprint density at radius 2 is 2.17 bits per heavy atom. The molecule has 0 spiro atoms. The highest BCUT2D eigenvalue weighted by Gasteiger charge is 2.15. The lowest BCUT2D eigenvalue weighted by Crippen LogP contribution is -2.02. The van der Waals surface area contributed by atoms with Crippen LogP contribution in [0.25, 0.3) is 0 Å². The number of nitrogens with zero attached hydrogens (tertiary/aromatic N) is 1. The third kappa shape index (κ3) is 3.80. The third-order valence-corrected chi connectivity index (χ3v) is 4.41. The van der Waals surface area contributed by atoms with Gasteiger partial charge in [0.05, 0.1) is 12.3 Å². The first-order chi connectivity index (χ1) is 8.79. The molecule has 0 atom stereocenters. The molecular formula is C14H22N2OS. The van der Waals surface area contributed by atoms with E-state index in [9.17, 15) is 0 Å². The lowest BCUT2D eigenvalue weighted by molar-refractivity contribution is 0.305. The van der Waals surface area contributed by atoms with Crippen molar-refractivity contribution < 1.29 is 4.74 Å². The molecule has 0 saturated heterocycles. The molecule has 18 heavy (non-hydrogen) atoms. The van der Waals surface area contributed by atoms with Crippen LogP contribution in [0.1, 0.15) is 39.0 Å². The minimum atomic E-state index is 0.591. The largest absolute Gasteiger partial charge is 0.476 e. The van der Waals surface area contributed by atoms with E-state index in [0.29, 0.717) is 18.2 Å². The molecule has 1 aliphatic rings. The first-order valence-electron chi connectivity index (χ1n) is 6.81. The highest BCUT2D eigenvalue weighted by Crippen LogP contribution is 2.31. The van der Waals surface area contributed by atoms with Crippen molar-refractivity contribution in [2.24, 2.45) is 5.92 Å². The number of ether oxygens (including phenoxy) is 1. The highest BCUT2D eigenvalue weighted by atomic mass is 32.2. The van der Waals surface area contributed by atoms with Gasteiger partial charge in [0.1, 0.15) is 5.03 Å². The minimum Gasteiger partial charge on any atom is -0.476 e. The number of thioether (sulfide) groups is 1. The number of nitrogens with two attached hydrogens (primary N) is 1. The van der Waals surface area contributed by atoms with Crippen molar-refractivity contribution in [3.8, 4) is 5.88 Å². The molecule has 2 rings (SSSR count). The van der Waals surface area contributed by atoms with Crippen LogP contribution in [0.15, 0.2) is 17.2 Å². The van der Waals surface area contributed by atoms with Gasteiger partial charge in [-0.15, -0.1) is 11.8 Å². The summed E-state index contributed by atoms with van der Waals surface area (Å²) in [6.45, 7) is 2.75. The maximum atomic E-state index is 5.85. The van der Waals surface area contributed by atoms with Crippen molar-refractivity contribution in [3.63, 3.8) is 0 Å². The summed E-state index contributed by atoms with van der Waals surface area (Å²) in [6.07, 6.45) is 6.51. The van der Waals surface area contributed by atoms with E-state index in [1.54, 1.807) is 0 Å². The van der Waals surface area contributed by atoms with Crippen LogP contribution in [0.2, 0.25) is 0 Å². The molecule has 1 aromatic heterocycles. The van der Waals surface area contributed by atoms with Crippen LogP contribution in [0, 0.1) is 5.92 Å². The number of pyridine rings is 1. The predicted molar refractivity (Wildman–Crippen MR) is 77.1 cm³/mol. The Labute approximate surface area is 114 Å². The van der Waals surface area contributed by atoms with Gasteiger partial charge in [0.2, 0.25) is 5.88 Å². The van der Waals surface area contributed by atoms with E-state index < -0.39 is 0 Å². The van der Waals surface area contributed by atoms with Crippen molar-refractivity contribution in [1.82, 2.24) is 4.98 Å². The summed E-state index contributed by atoms with van der Waals surface area (Å²) >= 11 is 1.83. The summed E-state index contributed by atoms with van der Waals surface area (Å²) in [7, 11) is 0. The Morgan fingerprint density at radius 1 is 1.39 bits per heavy atom. The van der Waals surface area contributed by atoms with Crippen molar-refractivity contribution in [3.05, 3.63) is 12.1 Å². The molecule has 4 heteroatoms. The number of aromatic nitrogens is 1. The molecule has 1 aromatic rings. The molecule has 1 heterocycles. The molecule has 1 saturated carbocycles. The zero-order valence-electron chi connectivity index (χ0n) is 11.0. The zero-order valence-corrected chi connectivity index (χ0v) is 11.8. The van der Waals surface area contributed by atoms with E-state index in [0.717, 1.165) is 17.4 Å². The SMILES string of the molecule is CCCOc1nc(SCC2CCCC2)ccc1N. The second kappa shape index (κ2) is 6.88. The fourth-order valence-electron chi connectivity index (χ4n) is 2.21. The van der Waals surface area contributed by atoms with Gasteiger partial charge in [-0.1, -0.05) is 19.8 Å². The van der Waals surface area contributed by atoms with Gasteiger partial charge in [-0.25, -0.2) is 4.98 Å². The lowest BCUT2D eigenvalue weighted by Gasteiger charge is -2.10. The molecule has 100 valence electrons. The molecule has 0 unspecified atom stereocenters. The van der Waals surface area contributed by atoms with Crippen molar-refractivity contribution >= 4 is 17.4 Å². The van der Waals surface area contributed by atoms with E-state index in [1.165, 1.54) is 31.4 Å². The summed E-state index contributed by atoms with van der Waals surface area (Å²) in [5.41, 5.74) is 6.48. The Morgan fingerprint density at radius 3 is 2.89 bits per heavy atom. The van der Waals surface area contributed by atoms with E-state index in [4.69, 9.17) is 10.5 Å². The van der Waals surface area contributed by atoms with Crippen LogP contribution in [-0.2, 0) is 0 Å². The number of anilines is 1. The second-order valence-electron chi connectivity index (χ2n) is 4.85. The lowest BCUT2D eigenvalue weighted by atomic mass is 10.1. The molecule has 1 aliphatic carbocycles. The highest BCUT2D eigenvalue weighted by molar-refractivity contribution is 7.99. The fraction of sp³-hybridized carbons (Fsp3) is 0.643. The molecule has 2 N–H and O–H groups in total. The first kappa shape index (κ1) is 13.5.